The average Bonchev–Trinajstić information content (AvgIpc) is 2.90. The maximum atomic E-state index is 16.0. The van der Waals surface area contributed by atoms with Crippen LogP contribution in [-0.4, -0.2) is 41.3 Å². The van der Waals surface area contributed by atoms with Gasteiger partial charge in [0.25, 0.3) is 0 Å². The Kier molecular flexibility index (Phi) is 7.22. The number of hydrogen-bond donors (Lipinski definition) is 1. The second kappa shape index (κ2) is 10.6. The molecule has 0 spiro atoms. The molecule has 0 amide bonds. The summed E-state index contributed by atoms with van der Waals surface area (Å²) < 4.78 is 36.6. The first-order valence-corrected chi connectivity index (χ1v) is 12.7. The summed E-state index contributed by atoms with van der Waals surface area (Å²) in [7, 11) is 0. The molecule has 0 atom stereocenters. The van der Waals surface area contributed by atoms with E-state index in [0.29, 0.717) is 41.5 Å². The van der Waals surface area contributed by atoms with Crippen molar-refractivity contribution in [1.29, 1.82) is 0 Å². The summed E-state index contributed by atoms with van der Waals surface area (Å²) in [5.41, 5.74) is 3.89. The monoisotopic (exact) mass is 523 g/mol. The third-order valence-electron chi connectivity index (χ3n) is 6.49. The molecule has 37 heavy (non-hydrogen) atoms. The summed E-state index contributed by atoms with van der Waals surface area (Å²) in [6.07, 6.45) is 3.64. The van der Waals surface area contributed by atoms with Crippen LogP contribution in [0.5, 0.6) is 0 Å². The van der Waals surface area contributed by atoms with Gasteiger partial charge in [-0.25, -0.2) is 18.7 Å². The Morgan fingerprint density at radius 1 is 1.14 bits per heavy atom. The van der Waals surface area contributed by atoms with Crippen LogP contribution < -0.4 is 10.2 Å². The molecule has 3 aromatic heterocycles. The Balaban J connectivity index is 1.71. The van der Waals surface area contributed by atoms with E-state index in [4.69, 9.17) is 16.3 Å². The number of aromatic nitrogens is 3. The number of benzene rings is 1. The van der Waals surface area contributed by atoms with Gasteiger partial charge in [0.2, 0.25) is 0 Å². The van der Waals surface area contributed by atoms with E-state index in [0.717, 1.165) is 18.8 Å². The van der Waals surface area contributed by atoms with Crippen molar-refractivity contribution in [2.24, 2.45) is 5.92 Å². The lowest BCUT2D eigenvalue weighted by atomic mass is 9.97. The van der Waals surface area contributed by atoms with Crippen molar-refractivity contribution in [3.05, 3.63) is 70.6 Å². The summed E-state index contributed by atoms with van der Waals surface area (Å²) in [5, 5.41) is 3.78. The van der Waals surface area contributed by atoms with Gasteiger partial charge >= 0.3 is 0 Å². The number of halogens is 3. The van der Waals surface area contributed by atoms with Gasteiger partial charge in [-0.1, -0.05) is 31.5 Å². The number of fused-ring (bicyclic) bond motifs is 1. The number of nitrogens with zero attached hydrogens (tertiary/aromatic N) is 4. The van der Waals surface area contributed by atoms with Crippen LogP contribution in [0.2, 0.25) is 5.15 Å². The Morgan fingerprint density at radius 2 is 1.92 bits per heavy atom. The standard InChI is InChI=1S/C28H28ClF2N5O/c1-16(2)12-19-20(30)14-22-24(25(19)31)27(17(3)26(34-22)21-6-4-5-7-32-21)35-23-13-18(15-33-28(23)29)36-8-10-37-11-9-36/h4-7,13-16H,8-12H2,1-3H3,(H,34,35). The SMILES string of the molecule is Cc1c(-c2ccccn2)nc2cc(F)c(CC(C)C)c(F)c2c1Nc1cc(N2CCOCC2)cnc1Cl. The van der Waals surface area contributed by atoms with Gasteiger partial charge < -0.3 is 15.0 Å². The summed E-state index contributed by atoms with van der Waals surface area (Å²) in [4.78, 5) is 15.6. The van der Waals surface area contributed by atoms with Crippen LogP contribution in [0.25, 0.3) is 22.3 Å². The van der Waals surface area contributed by atoms with E-state index < -0.39 is 11.6 Å². The number of rotatable bonds is 6. The van der Waals surface area contributed by atoms with E-state index >= 15 is 8.78 Å². The van der Waals surface area contributed by atoms with E-state index in [-0.39, 0.29) is 34.0 Å². The van der Waals surface area contributed by atoms with Crippen LogP contribution in [0.1, 0.15) is 25.0 Å². The van der Waals surface area contributed by atoms with E-state index in [2.05, 4.69) is 25.2 Å². The molecule has 0 bridgehead atoms. The highest BCUT2D eigenvalue weighted by Crippen LogP contribution is 2.39. The lowest BCUT2D eigenvalue weighted by molar-refractivity contribution is 0.122. The number of nitrogens with one attached hydrogen (secondary N) is 1. The molecule has 0 saturated carbocycles. The quantitative estimate of drug-likeness (QED) is 0.283. The van der Waals surface area contributed by atoms with Gasteiger partial charge in [-0.2, -0.15) is 0 Å². The molecule has 1 aromatic carbocycles. The largest absolute Gasteiger partial charge is 0.378 e. The number of anilines is 3. The van der Waals surface area contributed by atoms with Gasteiger partial charge in [0.05, 0.1) is 58.8 Å². The van der Waals surface area contributed by atoms with Crippen molar-refractivity contribution in [2.75, 3.05) is 36.5 Å². The first-order chi connectivity index (χ1) is 17.8. The first-order valence-electron chi connectivity index (χ1n) is 12.3. The zero-order chi connectivity index (χ0) is 26.1. The maximum absolute atomic E-state index is 16.0. The van der Waals surface area contributed by atoms with Crippen LogP contribution in [-0.2, 0) is 11.2 Å². The van der Waals surface area contributed by atoms with Gasteiger partial charge in [0.1, 0.15) is 11.6 Å². The first kappa shape index (κ1) is 25.3. The van der Waals surface area contributed by atoms with Crippen LogP contribution >= 0.6 is 11.6 Å². The molecular weight excluding hydrogens is 496 g/mol. The Hall–Kier alpha value is -3.36. The molecule has 5 rings (SSSR count). The topological polar surface area (TPSA) is 63.2 Å². The molecule has 1 fully saturated rings. The second-order valence-corrected chi connectivity index (χ2v) is 9.93. The zero-order valence-electron chi connectivity index (χ0n) is 21.0. The molecule has 1 saturated heterocycles. The lowest BCUT2D eigenvalue weighted by Crippen LogP contribution is -2.36. The highest BCUT2D eigenvalue weighted by Gasteiger charge is 2.23. The number of hydrogen-bond acceptors (Lipinski definition) is 6. The summed E-state index contributed by atoms with van der Waals surface area (Å²) in [6, 6.07) is 8.66. The minimum atomic E-state index is -0.622. The van der Waals surface area contributed by atoms with Gasteiger partial charge in [-0.15, -0.1) is 0 Å². The predicted molar refractivity (Wildman–Crippen MR) is 144 cm³/mol. The molecule has 6 nitrogen and oxygen atoms in total. The van der Waals surface area contributed by atoms with Crippen molar-refractivity contribution in [3.63, 3.8) is 0 Å². The molecule has 1 N–H and O–H groups in total. The normalized spacial score (nSPS) is 14.0. The highest BCUT2D eigenvalue weighted by atomic mass is 35.5. The van der Waals surface area contributed by atoms with Crippen LogP contribution in [0.4, 0.5) is 25.8 Å². The number of pyridine rings is 3. The molecule has 192 valence electrons. The van der Waals surface area contributed by atoms with Crippen LogP contribution in [0.3, 0.4) is 0 Å². The molecule has 4 aromatic rings. The Morgan fingerprint density at radius 3 is 2.62 bits per heavy atom. The number of morpholine rings is 1. The Labute approximate surface area is 219 Å². The lowest BCUT2D eigenvalue weighted by Gasteiger charge is -2.29. The van der Waals surface area contributed by atoms with Gasteiger partial charge in [-0.05, 0) is 37.5 Å². The number of ether oxygens (including phenoxy) is 1. The van der Waals surface area contributed by atoms with E-state index in [1.54, 1.807) is 18.5 Å². The smallest absolute Gasteiger partial charge is 0.152 e. The van der Waals surface area contributed by atoms with Gasteiger partial charge in [0, 0.05) is 36.5 Å². The maximum Gasteiger partial charge on any atom is 0.152 e. The van der Waals surface area contributed by atoms with E-state index in [1.807, 2.05) is 39.0 Å². The molecule has 0 unspecified atom stereocenters. The predicted octanol–water partition coefficient (Wildman–Crippen LogP) is 6.71. The van der Waals surface area contributed by atoms with Crippen molar-refractivity contribution >= 4 is 39.6 Å². The van der Waals surface area contributed by atoms with Gasteiger partial charge in [-0.3, -0.25) is 4.98 Å². The molecule has 1 aliphatic rings. The van der Waals surface area contributed by atoms with Crippen molar-refractivity contribution in [3.8, 4) is 11.4 Å². The molecule has 0 radical (unpaired) electrons. The second-order valence-electron chi connectivity index (χ2n) is 9.57. The molecule has 4 heterocycles. The summed E-state index contributed by atoms with van der Waals surface area (Å²) in [5.74, 6) is -1.16. The van der Waals surface area contributed by atoms with Crippen LogP contribution in [0.15, 0.2) is 42.7 Å². The van der Waals surface area contributed by atoms with E-state index in [1.165, 1.54) is 6.07 Å². The highest BCUT2D eigenvalue weighted by molar-refractivity contribution is 6.32. The van der Waals surface area contributed by atoms with Crippen molar-refractivity contribution in [2.45, 2.75) is 27.2 Å². The fourth-order valence-electron chi connectivity index (χ4n) is 4.64. The molecule has 9 heteroatoms. The minimum Gasteiger partial charge on any atom is -0.378 e. The van der Waals surface area contributed by atoms with Gasteiger partial charge in [0.15, 0.2) is 5.15 Å². The third kappa shape index (κ3) is 5.08. The fourth-order valence-corrected chi connectivity index (χ4v) is 4.79. The Bertz CT molecular complexity index is 1440. The molecule has 1 aliphatic heterocycles. The zero-order valence-corrected chi connectivity index (χ0v) is 21.7. The fraction of sp³-hybridized carbons (Fsp3) is 0.321. The summed E-state index contributed by atoms with van der Waals surface area (Å²) >= 11 is 6.51. The molecule has 0 aliphatic carbocycles. The van der Waals surface area contributed by atoms with Crippen molar-refractivity contribution in [1.82, 2.24) is 15.0 Å². The third-order valence-corrected chi connectivity index (χ3v) is 6.79. The average molecular weight is 524 g/mol. The van der Waals surface area contributed by atoms with E-state index in [9.17, 15) is 0 Å². The van der Waals surface area contributed by atoms with Crippen LogP contribution in [0, 0.1) is 24.5 Å². The molecular formula is C28H28ClF2N5O. The summed E-state index contributed by atoms with van der Waals surface area (Å²) in [6.45, 7) is 8.42. The minimum absolute atomic E-state index is 0.0450. The van der Waals surface area contributed by atoms with Crippen molar-refractivity contribution < 1.29 is 13.5 Å².